The summed E-state index contributed by atoms with van der Waals surface area (Å²) in [5.41, 5.74) is 10.8. The van der Waals surface area contributed by atoms with Gasteiger partial charge in [-0.1, -0.05) is 6.07 Å². The fourth-order valence-corrected chi connectivity index (χ4v) is 2.73. The molecule has 2 aromatic rings. The van der Waals surface area contributed by atoms with Crippen molar-refractivity contribution in [3.8, 4) is 16.9 Å². The number of anilines is 2. The highest BCUT2D eigenvalue weighted by Gasteiger charge is 2.13. The van der Waals surface area contributed by atoms with Crippen LogP contribution in [0.2, 0.25) is 0 Å². The molecular weight excluding hydrogens is 264 g/mol. The van der Waals surface area contributed by atoms with Gasteiger partial charge >= 0.3 is 0 Å². The Morgan fingerprint density at radius 1 is 1.10 bits per heavy atom. The summed E-state index contributed by atoms with van der Waals surface area (Å²) in [5.74, 6) is 0.196. The third-order valence-electron chi connectivity index (χ3n) is 3.85. The number of nitrogens with zero attached hydrogens (tertiary/aromatic N) is 1. The topological polar surface area (TPSA) is 58.7 Å². The van der Waals surface area contributed by atoms with Crippen molar-refractivity contribution in [1.82, 2.24) is 0 Å². The van der Waals surface area contributed by atoms with Crippen molar-refractivity contribution in [2.45, 2.75) is 6.92 Å². The van der Waals surface area contributed by atoms with Crippen LogP contribution in [-0.2, 0) is 4.74 Å². The maximum Gasteiger partial charge on any atom is 0.118 e. The maximum absolute atomic E-state index is 9.76. The average Bonchev–Trinajstić information content (AvgIpc) is 2.47. The quantitative estimate of drug-likeness (QED) is 0.833. The van der Waals surface area contributed by atoms with E-state index in [0.29, 0.717) is 5.69 Å². The van der Waals surface area contributed by atoms with Gasteiger partial charge in [-0.3, -0.25) is 0 Å². The van der Waals surface area contributed by atoms with E-state index in [9.17, 15) is 5.11 Å². The first-order valence-corrected chi connectivity index (χ1v) is 7.17. The highest BCUT2D eigenvalue weighted by atomic mass is 16.5. The summed E-state index contributed by atoms with van der Waals surface area (Å²) in [4.78, 5) is 2.32. The van der Waals surface area contributed by atoms with Crippen LogP contribution in [0, 0.1) is 6.92 Å². The van der Waals surface area contributed by atoms with Gasteiger partial charge in [0.25, 0.3) is 0 Å². The molecule has 1 saturated heterocycles. The Morgan fingerprint density at radius 2 is 1.86 bits per heavy atom. The Balaban J connectivity index is 2.01. The predicted molar refractivity (Wildman–Crippen MR) is 85.7 cm³/mol. The number of phenolic OH excluding ortho intramolecular Hbond substituents is 1. The molecule has 1 aliphatic rings. The Kier molecular flexibility index (Phi) is 3.71. The van der Waals surface area contributed by atoms with Gasteiger partial charge in [0, 0.05) is 30.5 Å². The molecule has 3 rings (SSSR count). The van der Waals surface area contributed by atoms with Crippen LogP contribution in [0.4, 0.5) is 11.4 Å². The molecular formula is C17H20N2O2. The Hall–Kier alpha value is -2.20. The van der Waals surface area contributed by atoms with Gasteiger partial charge in [0.05, 0.1) is 13.2 Å². The van der Waals surface area contributed by atoms with Crippen molar-refractivity contribution in [2.75, 3.05) is 36.9 Å². The number of phenols is 1. The monoisotopic (exact) mass is 284 g/mol. The third kappa shape index (κ3) is 2.95. The number of ether oxygens (including phenoxy) is 1. The number of morpholine rings is 1. The second-order valence-corrected chi connectivity index (χ2v) is 5.41. The summed E-state index contributed by atoms with van der Waals surface area (Å²) in [6.45, 7) is 5.42. The van der Waals surface area contributed by atoms with Crippen molar-refractivity contribution >= 4 is 11.4 Å². The van der Waals surface area contributed by atoms with Crippen LogP contribution in [0.3, 0.4) is 0 Å². The molecule has 21 heavy (non-hydrogen) atoms. The number of hydrogen-bond donors (Lipinski definition) is 2. The lowest BCUT2D eigenvalue weighted by molar-refractivity contribution is 0.122. The first kappa shape index (κ1) is 13.8. The largest absolute Gasteiger partial charge is 0.508 e. The summed E-state index contributed by atoms with van der Waals surface area (Å²) < 4.78 is 5.40. The van der Waals surface area contributed by atoms with E-state index in [1.165, 1.54) is 5.69 Å². The lowest BCUT2D eigenvalue weighted by Crippen LogP contribution is -2.36. The van der Waals surface area contributed by atoms with Crippen molar-refractivity contribution in [1.29, 1.82) is 0 Å². The molecule has 0 atom stereocenters. The minimum absolute atomic E-state index is 0.196. The number of benzene rings is 2. The number of nitrogen functional groups attached to an aromatic ring is 1. The molecule has 0 radical (unpaired) electrons. The average molecular weight is 284 g/mol. The SMILES string of the molecule is Cc1ccc(N2CCOCC2)cc1-c1cc(N)cc(O)c1. The molecule has 1 aliphatic heterocycles. The van der Waals surface area contributed by atoms with Crippen LogP contribution < -0.4 is 10.6 Å². The molecule has 0 amide bonds. The first-order chi connectivity index (χ1) is 10.1. The molecule has 2 aromatic carbocycles. The second-order valence-electron chi connectivity index (χ2n) is 5.41. The Bertz CT molecular complexity index is 629. The third-order valence-corrected chi connectivity index (χ3v) is 3.85. The lowest BCUT2D eigenvalue weighted by atomic mass is 9.98. The predicted octanol–water partition coefficient (Wildman–Crippen LogP) is 2.79. The number of rotatable bonds is 2. The molecule has 4 heteroatoms. The summed E-state index contributed by atoms with van der Waals surface area (Å²) >= 11 is 0. The highest BCUT2D eigenvalue weighted by Crippen LogP contribution is 2.32. The molecule has 0 aromatic heterocycles. The first-order valence-electron chi connectivity index (χ1n) is 7.17. The van der Waals surface area contributed by atoms with Crippen LogP contribution in [0.5, 0.6) is 5.75 Å². The molecule has 1 fully saturated rings. The van der Waals surface area contributed by atoms with E-state index in [0.717, 1.165) is 43.0 Å². The zero-order valence-corrected chi connectivity index (χ0v) is 12.2. The van der Waals surface area contributed by atoms with Gasteiger partial charge in [0.2, 0.25) is 0 Å². The molecule has 0 aliphatic carbocycles. The normalized spacial score (nSPS) is 15.2. The van der Waals surface area contributed by atoms with Crippen LogP contribution in [0.25, 0.3) is 11.1 Å². The summed E-state index contributed by atoms with van der Waals surface area (Å²) in [6, 6.07) is 11.6. The maximum atomic E-state index is 9.76. The van der Waals surface area contributed by atoms with Gasteiger partial charge in [-0.25, -0.2) is 0 Å². The van der Waals surface area contributed by atoms with E-state index in [1.807, 2.05) is 6.07 Å². The van der Waals surface area contributed by atoms with Gasteiger partial charge in [-0.2, -0.15) is 0 Å². The van der Waals surface area contributed by atoms with Crippen LogP contribution >= 0.6 is 0 Å². The molecule has 4 nitrogen and oxygen atoms in total. The number of aromatic hydroxyl groups is 1. The van der Waals surface area contributed by atoms with Crippen molar-refractivity contribution in [3.63, 3.8) is 0 Å². The standard InChI is InChI=1S/C17H20N2O2/c1-12-2-3-15(19-4-6-21-7-5-19)11-17(12)13-8-14(18)10-16(20)9-13/h2-3,8-11,20H,4-7,18H2,1H3. The molecule has 0 bridgehead atoms. The molecule has 0 unspecified atom stereocenters. The molecule has 1 heterocycles. The van der Waals surface area contributed by atoms with E-state index in [2.05, 4.69) is 30.0 Å². The Labute approximate surface area is 124 Å². The second kappa shape index (κ2) is 5.66. The fraction of sp³-hybridized carbons (Fsp3) is 0.294. The summed E-state index contributed by atoms with van der Waals surface area (Å²) in [6.07, 6.45) is 0. The van der Waals surface area contributed by atoms with E-state index >= 15 is 0 Å². The zero-order valence-electron chi connectivity index (χ0n) is 12.2. The number of aryl methyl sites for hydroxylation is 1. The summed E-state index contributed by atoms with van der Waals surface area (Å²) in [7, 11) is 0. The minimum Gasteiger partial charge on any atom is -0.508 e. The molecule has 0 spiro atoms. The summed E-state index contributed by atoms with van der Waals surface area (Å²) in [5, 5.41) is 9.76. The van der Waals surface area contributed by atoms with E-state index in [-0.39, 0.29) is 5.75 Å². The number of hydrogen-bond acceptors (Lipinski definition) is 4. The molecule has 3 N–H and O–H groups in total. The van der Waals surface area contributed by atoms with Gasteiger partial charge < -0.3 is 20.5 Å². The van der Waals surface area contributed by atoms with Crippen LogP contribution in [0.1, 0.15) is 5.56 Å². The van der Waals surface area contributed by atoms with Crippen LogP contribution in [0.15, 0.2) is 36.4 Å². The van der Waals surface area contributed by atoms with Gasteiger partial charge in [-0.05, 0) is 47.9 Å². The highest BCUT2D eigenvalue weighted by molar-refractivity contribution is 5.75. The number of nitrogens with two attached hydrogens (primary N) is 1. The molecule has 110 valence electrons. The van der Waals surface area contributed by atoms with Crippen LogP contribution in [-0.4, -0.2) is 31.4 Å². The lowest BCUT2D eigenvalue weighted by Gasteiger charge is -2.29. The van der Waals surface area contributed by atoms with Crippen molar-refractivity contribution < 1.29 is 9.84 Å². The molecule has 0 saturated carbocycles. The van der Waals surface area contributed by atoms with Crippen molar-refractivity contribution in [2.24, 2.45) is 0 Å². The smallest absolute Gasteiger partial charge is 0.118 e. The van der Waals surface area contributed by atoms with Gasteiger partial charge in [0.1, 0.15) is 5.75 Å². The fourth-order valence-electron chi connectivity index (χ4n) is 2.73. The zero-order chi connectivity index (χ0) is 14.8. The van der Waals surface area contributed by atoms with E-state index in [1.54, 1.807) is 12.1 Å². The van der Waals surface area contributed by atoms with Gasteiger partial charge in [0.15, 0.2) is 0 Å². The van der Waals surface area contributed by atoms with E-state index in [4.69, 9.17) is 10.5 Å². The van der Waals surface area contributed by atoms with E-state index < -0.39 is 0 Å². The van der Waals surface area contributed by atoms with Crippen molar-refractivity contribution in [3.05, 3.63) is 42.0 Å². The van der Waals surface area contributed by atoms with Gasteiger partial charge in [-0.15, -0.1) is 0 Å². The minimum atomic E-state index is 0.196. The Morgan fingerprint density at radius 3 is 2.57 bits per heavy atom.